The molecule has 4 rings (SSSR count). The van der Waals surface area contributed by atoms with Crippen LogP contribution < -0.4 is 0 Å². The summed E-state index contributed by atoms with van der Waals surface area (Å²) in [7, 11) is 0. The molecule has 211 valence electrons. The van der Waals surface area contributed by atoms with Gasteiger partial charge in [0, 0.05) is 52.5 Å². The van der Waals surface area contributed by atoms with Gasteiger partial charge in [-0.1, -0.05) is 53.7 Å². The van der Waals surface area contributed by atoms with Crippen LogP contribution in [-0.4, -0.2) is 20.3 Å². The van der Waals surface area contributed by atoms with Gasteiger partial charge in [0.2, 0.25) is 0 Å². The van der Waals surface area contributed by atoms with E-state index in [1.165, 1.54) is 6.08 Å². The van der Waals surface area contributed by atoms with Crippen LogP contribution in [0.5, 0.6) is 0 Å². The predicted molar refractivity (Wildman–Crippen MR) is 159 cm³/mol. The molecule has 39 heavy (non-hydrogen) atoms. The van der Waals surface area contributed by atoms with Crippen molar-refractivity contribution in [3.8, 4) is 11.4 Å². The summed E-state index contributed by atoms with van der Waals surface area (Å²) in [5.41, 5.74) is 3.68. The summed E-state index contributed by atoms with van der Waals surface area (Å²) in [4.78, 5) is 16.3. The second kappa shape index (κ2) is 15.7. The minimum atomic E-state index is -1.35. The number of benzene rings is 2. The van der Waals surface area contributed by atoms with Crippen molar-refractivity contribution in [1.82, 2.24) is 9.38 Å². The molecule has 0 bridgehead atoms. The minimum Gasteiger partial charge on any atom is -0.512 e. The Morgan fingerprint density at radius 1 is 1.03 bits per heavy atom. The van der Waals surface area contributed by atoms with Gasteiger partial charge in [0.1, 0.15) is 0 Å². The van der Waals surface area contributed by atoms with Gasteiger partial charge in [-0.15, -0.1) is 35.9 Å². The van der Waals surface area contributed by atoms with Gasteiger partial charge >= 0.3 is 0 Å². The molecule has 0 unspecified atom stereocenters. The molecule has 0 aliphatic heterocycles. The Bertz CT molecular complexity index is 1440. The fourth-order valence-corrected chi connectivity index (χ4v) is 4.73. The van der Waals surface area contributed by atoms with Gasteiger partial charge < -0.3 is 9.51 Å². The van der Waals surface area contributed by atoms with Crippen molar-refractivity contribution in [3.05, 3.63) is 84.3 Å². The molecule has 0 fully saturated rings. The van der Waals surface area contributed by atoms with Crippen LogP contribution in [0, 0.1) is 23.8 Å². The molecule has 0 atom stereocenters. The Hall–Kier alpha value is -2.75. The zero-order valence-electron chi connectivity index (χ0n) is 26.0. The molecule has 0 aliphatic rings. The van der Waals surface area contributed by atoms with Crippen molar-refractivity contribution in [2.24, 2.45) is 17.8 Å². The van der Waals surface area contributed by atoms with Crippen LogP contribution in [0.25, 0.3) is 27.8 Å². The summed E-state index contributed by atoms with van der Waals surface area (Å²) in [6.07, 6.45) is 5.41. The topological polar surface area (TPSA) is 54.6 Å². The first kappa shape index (κ1) is 29.2. The molecule has 1 radical (unpaired) electrons. The predicted octanol–water partition coefficient (Wildman–Crippen LogP) is 9.02. The second-order valence-corrected chi connectivity index (χ2v) is 10.0. The Morgan fingerprint density at radius 2 is 1.72 bits per heavy atom. The van der Waals surface area contributed by atoms with Gasteiger partial charge in [0.15, 0.2) is 5.78 Å². The maximum atomic E-state index is 11.7. The first-order valence-corrected chi connectivity index (χ1v) is 13.9. The summed E-state index contributed by atoms with van der Waals surface area (Å²) in [6.45, 7) is 11.9. The second-order valence-electron chi connectivity index (χ2n) is 10.0. The number of aliphatic hydroxyl groups excluding tert-OH is 1. The summed E-state index contributed by atoms with van der Waals surface area (Å²) >= 11 is 0. The van der Waals surface area contributed by atoms with Crippen LogP contribution in [0.15, 0.2) is 72.6 Å². The molecule has 0 saturated carbocycles. The molecule has 2 aromatic carbocycles. The number of rotatable bonds is 10. The SMILES string of the molecule is CCC(CC)C(=O)/C=C(\O)C(CC)CC.[2H]C([2H])(c1ccc2c(ccc3cnc(-c4[c-]cccc4)n32)c1)C(C)C.[Ir]. The summed E-state index contributed by atoms with van der Waals surface area (Å²) in [6, 6.07) is 20.9. The Kier molecular flexibility index (Phi) is 11.8. The van der Waals surface area contributed by atoms with Crippen molar-refractivity contribution in [2.45, 2.75) is 73.6 Å². The van der Waals surface area contributed by atoms with Crippen molar-refractivity contribution in [3.63, 3.8) is 0 Å². The number of ketones is 1. The largest absolute Gasteiger partial charge is 0.512 e. The maximum absolute atomic E-state index is 11.7. The third kappa shape index (κ3) is 8.37. The van der Waals surface area contributed by atoms with Crippen molar-refractivity contribution >= 4 is 22.2 Å². The number of allylic oxidation sites excluding steroid dienone is 2. The quantitative estimate of drug-likeness (QED) is 0.102. The third-order valence-corrected chi connectivity index (χ3v) is 6.98. The number of pyridine rings is 1. The van der Waals surface area contributed by atoms with E-state index >= 15 is 0 Å². The van der Waals surface area contributed by atoms with E-state index in [4.69, 9.17) is 2.74 Å². The van der Waals surface area contributed by atoms with Crippen molar-refractivity contribution < 1.29 is 32.7 Å². The molecule has 2 aromatic heterocycles. The number of imidazole rings is 1. The van der Waals surface area contributed by atoms with Gasteiger partial charge in [-0.2, -0.15) is 0 Å². The number of fused-ring (bicyclic) bond motifs is 3. The fraction of sp³-hybridized carbons (Fsp3) is 0.412. The maximum Gasteiger partial charge on any atom is 0.162 e. The molecule has 0 amide bonds. The van der Waals surface area contributed by atoms with Gasteiger partial charge in [0.25, 0.3) is 0 Å². The van der Waals surface area contributed by atoms with Crippen LogP contribution in [0.2, 0.25) is 0 Å². The third-order valence-electron chi connectivity index (χ3n) is 6.98. The average molecular weight is 706 g/mol. The first-order valence-electron chi connectivity index (χ1n) is 14.9. The van der Waals surface area contributed by atoms with Gasteiger partial charge in [-0.05, 0) is 67.1 Å². The van der Waals surface area contributed by atoms with Crippen LogP contribution in [0.3, 0.4) is 0 Å². The van der Waals surface area contributed by atoms with E-state index in [1.54, 1.807) is 0 Å². The van der Waals surface area contributed by atoms with Crippen molar-refractivity contribution in [1.29, 1.82) is 0 Å². The molecule has 0 saturated heterocycles. The zero-order valence-corrected chi connectivity index (χ0v) is 26.4. The van der Waals surface area contributed by atoms with E-state index < -0.39 is 6.37 Å². The van der Waals surface area contributed by atoms with Gasteiger partial charge in [-0.25, -0.2) is 0 Å². The molecular weight excluding hydrogens is 661 g/mol. The smallest absolute Gasteiger partial charge is 0.162 e. The first-order chi connectivity index (χ1) is 19.1. The number of carbonyl (C=O) groups is 1. The summed E-state index contributed by atoms with van der Waals surface area (Å²) in [5.74, 6) is 1.31. The average Bonchev–Trinajstić information content (AvgIpc) is 3.39. The number of carbonyl (C=O) groups excluding carboxylic acids is 1. The van der Waals surface area contributed by atoms with E-state index in [2.05, 4.69) is 15.5 Å². The molecule has 0 spiro atoms. The molecule has 2 heterocycles. The monoisotopic (exact) mass is 706 g/mol. The minimum absolute atomic E-state index is 0. The van der Waals surface area contributed by atoms with E-state index in [1.807, 2.05) is 102 Å². The molecule has 1 N–H and O–H groups in total. The summed E-state index contributed by atoms with van der Waals surface area (Å²) in [5, 5.41) is 10.8. The number of aromatic nitrogens is 2. The Labute approximate surface area is 250 Å². The van der Waals surface area contributed by atoms with E-state index in [9.17, 15) is 9.90 Å². The van der Waals surface area contributed by atoms with E-state index in [0.717, 1.165) is 53.5 Å². The molecule has 4 nitrogen and oxygen atoms in total. The number of hydrogen-bond donors (Lipinski definition) is 1. The van der Waals surface area contributed by atoms with Gasteiger partial charge in [-0.3, -0.25) is 9.78 Å². The number of hydrogen-bond acceptors (Lipinski definition) is 3. The van der Waals surface area contributed by atoms with Gasteiger partial charge in [0.05, 0.1) is 17.1 Å². The van der Waals surface area contributed by atoms with Crippen LogP contribution in [0.1, 0.15) is 75.5 Å². The van der Waals surface area contributed by atoms with Crippen LogP contribution >= 0.6 is 0 Å². The fourth-order valence-electron chi connectivity index (χ4n) is 4.73. The standard InChI is InChI=1S/C21H19N2.C13H24O2.Ir/c1-15(2)12-16-8-11-20-18(13-16)9-10-19-14-22-21(23(19)20)17-6-4-3-5-7-17;1-5-10(6-2)12(14)9-13(15)11(7-3)8-4;/h3-6,8-11,13-15H,12H2,1-2H3;9-11,14H,5-8H2,1-4H3;/q-1;;/b;12-9-;/i12D2;;. The molecule has 5 heteroatoms. The van der Waals surface area contributed by atoms with Crippen LogP contribution in [-0.2, 0) is 31.3 Å². The Balaban J connectivity index is 0.000000320. The van der Waals surface area contributed by atoms with Crippen LogP contribution in [0.4, 0.5) is 0 Å². The summed E-state index contributed by atoms with van der Waals surface area (Å²) < 4.78 is 18.8. The molecular formula is C34H43IrN2O2-. The molecule has 0 aliphatic carbocycles. The molecule has 4 aromatic rings. The normalized spacial score (nSPS) is 12.8. The van der Waals surface area contributed by atoms with E-state index in [0.29, 0.717) is 5.56 Å². The Morgan fingerprint density at radius 3 is 2.31 bits per heavy atom. The number of aliphatic hydroxyl groups is 1. The number of nitrogens with zero attached hydrogens (tertiary/aromatic N) is 2. The van der Waals surface area contributed by atoms with E-state index in [-0.39, 0.29) is 49.4 Å². The van der Waals surface area contributed by atoms with Crippen molar-refractivity contribution in [2.75, 3.05) is 0 Å². The zero-order chi connectivity index (χ0) is 29.4.